The van der Waals surface area contributed by atoms with Crippen molar-refractivity contribution >= 4 is 42.5 Å². The number of aromatic hydroxyl groups is 1. The van der Waals surface area contributed by atoms with E-state index in [0.29, 0.717) is 11.9 Å². The minimum absolute atomic E-state index is 0.0422. The van der Waals surface area contributed by atoms with E-state index in [0.717, 1.165) is 29.3 Å². The largest absolute Gasteiger partial charge is 0.493 e. The van der Waals surface area contributed by atoms with Gasteiger partial charge in [0, 0.05) is 16.4 Å². The van der Waals surface area contributed by atoms with Crippen LogP contribution in [0.25, 0.3) is 10.9 Å². The molecular formula is C19H20BrN3O3S. The van der Waals surface area contributed by atoms with Gasteiger partial charge in [0.2, 0.25) is 5.88 Å². The monoisotopic (exact) mass is 449 g/mol. The van der Waals surface area contributed by atoms with Gasteiger partial charge in [-0.05, 0) is 36.8 Å². The van der Waals surface area contributed by atoms with Crippen molar-refractivity contribution in [2.45, 2.75) is 37.6 Å². The van der Waals surface area contributed by atoms with Gasteiger partial charge in [-0.3, -0.25) is 0 Å². The average molecular weight is 450 g/mol. The lowest BCUT2D eigenvalue weighted by atomic mass is 10.2. The van der Waals surface area contributed by atoms with Gasteiger partial charge in [0.05, 0.1) is 10.4 Å². The normalized spacial score (nSPS) is 12.2. The smallest absolute Gasteiger partial charge is 0.299 e. The van der Waals surface area contributed by atoms with Crippen molar-refractivity contribution in [3.05, 3.63) is 53.0 Å². The van der Waals surface area contributed by atoms with Crippen molar-refractivity contribution < 1.29 is 13.5 Å². The van der Waals surface area contributed by atoms with E-state index in [2.05, 4.69) is 32.5 Å². The molecule has 0 fully saturated rings. The molecule has 2 aromatic carbocycles. The third-order valence-corrected chi connectivity index (χ3v) is 5.96. The maximum atomic E-state index is 12.4. The lowest BCUT2D eigenvalue weighted by Gasteiger charge is -2.05. The lowest BCUT2D eigenvalue weighted by molar-refractivity contribution is 0.417. The molecule has 6 nitrogen and oxygen atoms in total. The maximum absolute atomic E-state index is 12.4. The van der Waals surface area contributed by atoms with E-state index in [9.17, 15) is 13.5 Å². The highest BCUT2D eigenvalue weighted by atomic mass is 79.9. The van der Waals surface area contributed by atoms with Crippen LogP contribution in [0.5, 0.6) is 5.88 Å². The molecule has 1 aromatic heterocycles. The number of halogens is 1. The quantitative estimate of drug-likeness (QED) is 0.366. The summed E-state index contributed by atoms with van der Waals surface area (Å²) < 4.78 is 30.9. The van der Waals surface area contributed by atoms with Crippen LogP contribution in [-0.4, -0.2) is 18.1 Å². The van der Waals surface area contributed by atoms with E-state index in [-0.39, 0.29) is 16.5 Å². The molecule has 0 aliphatic carbocycles. The number of unbranched alkanes of at least 4 members (excludes halogenated alkanes) is 2. The predicted molar refractivity (Wildman–Crippen MR) is 109 cm³/mol. The summed E-state index contributed by atoms with van der Waals surface area (Å²) >= 11 is 3.27. The van der Waals surface area contributed by atoms with E-state index < -0.39 is 10.0 Å². The molecule has 1 N–H and O–H groups in total. The molecule has 0 aliphatic rings. The number of nitrogens with zero attached hydrogens (tertiary/aromatic N) is 3. The number of benzene rings is 2. The average Bonchev–Trinajstić information content (AvgIpc) is 2.92. The van der Waals surface area contributed by atoms with Crippen LogP contribution in [0.2, 0.25) is 0 Å². The number of hydrogen-bond acceptors (Lipinski definition) is 4. The number of aromatic nitrogens is 1. The van der Waals surface area contributed by atoms with Gasteiger partial charge in [-0.15, -0.1) is 5.11 Å². The number of fused-ring (bicyclic) bond motifs is 1. The van der Waals surface area contributed by atoms with Crippen molar-refractivity contribution in [1.29, 1.82) is 0 Å². The summed E-state index contributed by atoms with van der Waals surface area (Å²) in [6, 6.07) is 13.5. The Morgan fingerprint density at radius 1 is 1.07 bits per heavy atom. The Morgan fingerprint density at radius 3 is 2.48 bits per heavy atom. The molecule has 0 unspecified atom stereocenters. The third-order valence-electron chi connectivity index (χ3n) is 4.26. The fourth-order valence-electron chi connectivity index (χ4n) is 2.86. The summed E-state index contributed by atoms with van der Waals surface area (Å²) in [5.74, 6) is -0.0675. The van der Waals surface area contributed by atoms with Crippen LogP contribution >= 0.6 is 15.9 Å². The number of hydrogen-bond donors (Lipinski definition) is 1. The second-order valence-corrected chi connectivity index (χ2v) is 8.66. The second-order valence-electron chi connectivity index (χ2n) is 6.16. The van der Waals surface area contributed by atoms with Crippen LogP contribution in [0, 0.1) is 0 Å². The number of aryl methyl sites for hydroxylation is 1. The summed E-state index contributed by atoms with van der Waals surface area (Å²) in [5, 5.41) is 15.2. The summed E-state index contributed by atoms with van der Waals surface area (Å²) in [6.45, 7) is 2.75. The summed E-state index contributed by atoms with van der Waals surface area (Å²) in [7, 11) is -3.96. The fraction of sp³-hybridized carbons (Fsp3) is 0.263. The minimum atomic E-state index is -3.96. The molecule has 0 aliphatic heterocycles. The molecule has 0 saturated heterocycles. The highest BCUT2D eigenvalue weighted by molar-refractivity contribution is 9.10. The SMILES string of the molecule is CCCCCn1c(O)c(N=NS(=O)(=O)c2ccc(Br)cc2)c2ccccc21. The molecule has 142 valence electrons. The molecule has 3 rings (SSSR count). The Labute approximate surface area is 166 Å². The number of para-hydroxylation sites is 1. The van der Waals surface area contributed by atoms with Crippen LogP contribution in [0.4, 0.5) is 5.69 Å². The fourth-order valence-corrected chi connectivity index (χ4v) is 3.89. The van der Waals surface area contributed by atoms with Gasteiger partial charge in [-0.1, -0.05) is 58.4 Å². The first kappa shape index (κ1) is 19.6. The van der Waals surface area contributed by atoms with Crippen LogP contribution < -0.4 is 0 Å². The first-order chi connectivity index (χ1) is 12.9. The van der Waals surface area contributed by atoms with E-state index in [1.54, 1.807) is 22.8 Å². The van der Waals surface area contributed by atoms with Gasteiger partial charge in [-0.2, -0.15) is 8.42 Å². The molecule has 0 amide bonds. The van der Waals surface area contributed by atoms with Gasteiger partial charge < -0.3 is 9.67 Å². The molecular weight excluding hydrogens is 430 g/mol. The second kappa shape index (κ2) is 8.22. The zero-order valence-electron chi connectivity index (χ0n) is 14.8. The van der Waals surface area contributed by atoms with E-state index in [1.165, 1.54) is 12.1 Å². The molecule has 0 bridgehead atoms. The zero-order chi connectivity index (χ0) is 19.4. The minimum Gasteiger partial charge on any atom is -0.493 e. The van der Waals surface area contributed by atoms with Crippen molar-refractivity contribution in [2.75, 3.05) is 0 Å². The van der Waals surface area contributed by atoms with Gasteiger partial charge in [0.25, 0.3) is 10.0 Å². The predicted octanol–water partition coefficient (Wildman–Crippen LogP) is 5.77. The molecule has 0 spiro atoms. The zero-order valence-corrected chi connectivity index (χ0v) is 17.2. The number of sulfonamides is 1. The maximum Gasteiger partial charge on any atom is 0.299 e. The van der Waals surface area contributed by atoms with Gasteiger partial charge >= 0.3 is 0 Å². The molecule has 27 heavy (non-hydrogen) atoms. The van der Waals surface area contributed by atoms with Crippen LogP contribution in [-0.2, 0) is 16.6 Å². The van der Waals surface area contributed by atoms with Crippen LogP contribution in [0.1, 0.15) is 26.2 Å². The number of rotatable bonds is 7. The Bertz CT molecular complexity index is 1070. The Hall–Kier alpha value is -2.19. The van der Waals surface area contributed by atoms with Gasteiger partial charge in [0.15, 0.2) is 5.69 Å². The van der Waals surface area contributed by atoms with E-state index in [4.69, 9.17) is 0 Å². The Balaban J connectivity index is 2.00. The van der Waals surface area contributed by atoms with Crippen molar-refractivity contribution in [3.8, 4) is 5.88 Å². The molecule has 0 saturated carbocycles. The standard InChI is InChI=1S/C19H20BrN3O3S/c1-2-3-6-13-23-17-8-5-4-7-16(17)18(19(23)24)21-22-27(25,26)15-11-9-14(20)10-12-15/h4-5,7-12,24H,2-3,6,13H2,1H3. The third kappa shape index (κ3) is 4.22. The molecule has 0 radical (unpaired) electrons. The van der Waals surface area contributed by atoms with Gasteiger partial charge in [0.1, 0.15) is 0 Å². The summed E-state index contributed by atoms with van der Waals surface area (Å²) in [6.07, 6.45) is 3.02. The van der Waals surface area contributed by atoms with Crippen LogP contribution in [0.15, 0.2) is 67.5 Å². The van der Waals surface area contributed by atoms with Gasteiger partial charge in [-0.25, -0.2) is 0 Å². The van der Waals surface area contributed by atoms with E-state index in [1.807, 2.05) is 18.2 Å². The Kier molecular flexibility index (Phi) is 5.96. The van der Waals surface area contributed by atoms with Crippen molar-refractivity contribution in [1.82, 2.24) is 4.57 Å². The summed E-state index contributed by atoms with van der Waals surface area (Å²) in [4.78, 5) is 0.0422. The van der Waals surface area contributed by atoms with Crippen LogP contribution in [0.3, 0.4) is 0 Å². The highest BCUT2D eigenvalue weighted by Gasteiger charge is 2.18. The topological polar surface area (TPSA) is 84.0 Å². The van der Waals surface area contributed by atoms with Crippen molar-refractivity contribution in [2.24, 2.45) is 9.63 Å². The summed E-state index contributed by atoms with van der Waals surface area (Å²) in [5.41, 5.74) is 0.976. The first-order valence-electron chi connectivity index (χ1n) is 8.68. The molecule has 3 aromatic rings. The first-order valence-corrected chi connectivity index (χ1v) is 10.9. The Morgan fingerprint density at radius 2 is 1.78 bits per heavy atom. The lowest BCUT2D eigenvalue weighted by Crippen LogP contribution is -1.96. The van der Waals surface area contributed by atoms with E-state index >= 15 is 0 Å². The van der Waals surface area contributed by atoms with Crippen molar-refractivity contribution in [3.63, 3.8) is 0 Å². The molecule has 0 atom stereocenters. The highest BCUT2D eigenvalue weighted by Crippen LogP contribution is 2.39. The molecule has 8 heteroatoms. The molecule has 1 heterocycles.